The minimum absolute atomic E-state index is 0.0858. The van der Waals surface area contributed by atoms with Gasteiger partial charge in [-0.3, -0.25) is 4.79 Å². The maximum absolute atomic E-state index is 13.4. The summed E-state index contributed by atoms with van der Waals surface area (Å²) < 4.78 is 41.2. The third-order valence-electron chi connectivity index (χ3n) is 5.68. The third-order valence-corrected chi connectivity index (χ3v) is 5.68. The molecular formula is C27H25F3N4O. The first-order valence-electron chi connectivity index (χ1n) is 11.1. The number of hydrogen-bond acceptors (Lipinski definition) is 3. The van der Waals surface area contributed by atoms with Crippen LogP contribution >= 0.6 is 0 Å². The van der Waals surface area contributed by atoms with E-state index in [0.29, 0.717) is 11.4 Å². The molecule has 1 atom stereocenters. The predicted octanol–water partition coefficient (Wildman–Crippen LogP) is 6.51. The van der Waals surface area contributed by atoms with Gasteiger partial charge in [0, 0.05) is 23.4 Å². The van der Waals surface area contributed by atoms with Crippen LogP contribution in [0.3, 0.4) is 0 Å². The first-order valence-corrected chi connectivity index (χ1v) is 11.1. The van der Waals surface area contributed by atoms with Crippen molar-refractivity contribution < 1.29 is 18.0 Å². The number of alkyl halides is 3. The molecule has 35 heavy (non-hydrogen) atoms. The maximum Gasteiger partial charge on any atom is 0.435 e. The largest absolute Gasteiger partial charge is 0.435 e. The molecule has 4 rings (SSSR count). The molecule has 5 nitrogen and oxygen atoms in total. The molecule has 180 valence electrons. The van der Waals surface area contributed by atoms with Gasteiger partial charge >= 0.3 is 6.18 Å². The van der Waals surface area contributed by atoms with Gasteiger partial charge < -0.3 is 11.1 Å². The molecule has 1 amide bonds. The van der Waals surface area contributed by atoms with Gasteiger partial charge in [0.25, 0.3) is 5.91 Å². The molecule has 0 aliphatic rings. The molecule has 0 saturated carbocycles. The van der Waals surface area contributed by atoms with E-state index in [1.165, 1.54) is 12.1 Å². The van der Waals surface area contributed by atoms with Crippen LogP contribution in [0.25, 0.3) is 5.69 Å². The van der Waals surface area contributed by atoms with Crippen molar-refractivity contribution in [3.8, 4) is 5.69 Å². The summed E-state index contributed by atoms with van der Waals surface area (Å²) in [4.78, 5) is 13.1. The van der Waals surface area contributed by atoms with E-state index in [0.717, 1.165) is 21.9 Å². The highest BCUT2D eigenvalue weighted by atomic mass is 19.4. The molecule has 8 heteroatoms. The summed E-state index contributed by atoms with van der Waals surface area (Å²) in [6.07, 6.45) is -4.71. The van der Waals surface area contributed by atoms with Crippen molar-refractivity contribution in [3.63, 3.8) is 0 Å². The summed E-state index contributed by atoms with van der Waals surface area (Å²) in [5.41, 5.74) is 7.57. The van der Waals surface area contributed by atoms with Crippen molar-refractivity contribution in [1.82, 2.24) is 9.78 Å². The second-order valence-corrected chi connectivity index (χ2v) is 8.63. The fraction of sp³-hybridized carbons (Fsp3) is 0.185. The van der Waals surface area contributed by atoms with Crippen molar-refractivity contribution in [1.29, 1.82) is 0 Å². The molecule has 1 aromatic heterocycles. The zero-order chi connectivity index (χ0) is 25.2. The Labute approximate surface area is 201 Å². The Kier molecular flexibility index (Phi) is 6.64. The van der Waals surface area contributed by atoms with E-state index in [1.54, 1.807) is 18.2 Å². The summed E-state index contributed by atoms with van der Waals surface area (Å²) in [6.45, 7) is 4.23. The lowest BCUT2D eigenvalue weighted by Crippen LogP contribution is -2.17. The van der Waals surface area contributed by atoms with E-state index in [1.807, 2.05) is 36.4 Å². The molecule has 1 heterocycles. The maximum atomic E-state index is 13.4. The van der Waals surface area contributed by atoms with Crippen molar-refractivity contribution in [2.45, 2.75) is 25.9 Å². The number of halogens is 3. The van der Waals surface area contributed by atoms with Gasteiger partial charge in [0.1, 0.15) is 5.69 Å². The Hall–Kier alpha value is -4.07. The molecule has 0 fully saturated rings. The van der Waals surface area contributed by atoms with Crippen LogP contribution in [-0.2, 0) is 6.18 Å². The number of benzene rings is 3. The highest BCUT2D eigenvalue weighted by Gasteiger charge is 2.36. The number of hydrogen-bond donors (Lipinski definition) is 2. The quantitative estimate of drug-likeness (QED) is 0.310. The van der Waals surface area contributed by atoms with Crippen molar-refractivity contribution in [2.24, 2.45) is 5.92 Å². The number of nitrogens with one attached hydrogen (secondary N) is 1. The Bertz CT molecular complexity index is 1330. The molecular weight excluding hydrogens is 453 g/mol. The van der Waals surface area contributed by atoms with Crippen LogP contribution < -0.4 is 11.1 Å². The number of nitrogens with zero attached hydrogens (tertiary/aromatic N) is 2. The van der Waals surface area contributed by atoms with E-state index < -0.39 is 17.8 Å². The minimum Gasteiger partial charge on any atom is -0.399 e. The number of aromatic nitrogens is 2. The standard InChI is InChI=1S/C27H25F3N4O/c1-17(2)25(18-8-4-3-5-9-18)19-10-6-12-21(14-19)32-26(35)23-16-24(27(28,29)30)33-34(23)22-13-7-11-20(31)15-22/h3-17,25H,31H2,1-2H3,(H,32,35). The average Bonchev–Trinajstić information content (AvgIpc) is 3.27. The smallest absolute Gasteiger partial charge is 0.399 e. The Morgan fingerprint density at radius 1 is 0.914 bits per heavy atom. The topological polar surface area (TPSA) is 72.9 Å². The van der Waals surface area contributed by atoms with E-state index in [9.17, 15) is 18.0 Å². The Morgan fingerprint density at radius 3 is 2.26 bits per heavy atom. The zero-order valence-corrected chi connectivity index (χ0v) is 19.3. The number of nitrogens with two attached hydrogens (primary N) is 1. The van der Waals surface area contributed by atoms with Crippen LogP contribution in [0.15, 0.2) is 84.9 Å². The number of nitrogen functional groups attached to an aromatic ring is 1. The van der Waals surface area contributed by atoms with Gasteiger partial charge in [0.15, 0.2) is 5.69 Å². The monoisotopic (exact) mass is 478 g/mol. The molecule has 4 aromatic rings. The second kappa shape index (κ2) is 9.66. The lowest BCUT2D eigenvalue weighted by atomic mass is 9.82. The first-order chi connectivity index (χ1) is 16.6. The summed E-state index contributed by atoms with van der Waals surface area (Å²) in [6, 6.07) is 24.3. The highest BCUT2D eigenvalue weighted by molar-refractivity contribution is 6.03. The summed E-state index contributed by atoms with van der Waals surface area (Å²) in [5, 5.41) is 6.37. The van der Waals surface area contributed by atoms with Gasteiger partial charge in [-0.05, 0) is 47.4 Å². The third kappa shape index (κ3) is 5.37. The van der Waals surface area contributed by atoms with Crippen LogP contribution in [0.4, 0.5) is 24.5 Å². The van der Waals surface area contributed by atoms with Gasteiger partial charge in [-0.2, -0.15) is 18.3 Å². The van der Waals surface area contributed by atoms with E-state index in [-0.39, 0.29) is 23.2 Å². The Balaban J connectivity index is 1.68. The number of amides is 1. The fourth-order valence-corrected chi connectivity index (χ4v) is 4.16. The molecule has 3 aromatic carbocycles. The number of carbonyl (C=O) groups excluding carboxylic acids is 1. The van der Waals surface area contributed by atoms with Gasteiger partial charge in [-0.1, -0.05) is 62.4 Å². The van der Waals surface area contributed by atoms with Gasteiger partial charge in [-0.25, -0.2) is 4.68 Å². The number of anilines is 2. The average molecular weight is 479 g/mol. The van der Waals surface area contributed by atoms with Gasteiger partial charge in [0.05, 0.1) is 5.69 Å². The molecule has 3 N–H and O–H groups in total. The lowest BCUT2D eigenvalue weighted by molar-refractivity contribution is -0.141. The van der Waals surface area contributed by atoms with Crippen LogP contribution in [0.2, 0.25) is 0 Å². The van der Waals surface area contributed by atoms with E-state index in [2.05, 4.69) is 36.4 Å². The summed E-state index contributed by atoms with van der Waals surface area (Å²) in [7, 11) is 0. The van der Waals surface area contributed by atoms with E-state index in [4.69, 9.17) is 5.73 Å². The Morgan fingerprint density at radius 2 is 1.60 bits per heavy atom. The van der Waals surface area contributed by atoms with Crippen LogP contribution in [-0.4, -0.2) is 15.7 Å². The summed E-state index contributed by atoms with van der Waals surface area (Å²) in [5.74, 6) is -0.348. The SMILES string of the molecule is CC(C)C(c1ccccc1)c1cccc(NC(=O)c2cc(C(F)(F)F)nn2-c2cccc(N)c2)c1. The molecule has 0 saturated heterocycles. The van der Waals surface area contributed by atoms with Crippen LogP contribution in [0.1, 0.15) is 47.1 Å². The highest BCUT2D eigenvalue weighted by Crippen LogP contribution is 2.33. The van der Waals surface area contributed by atoms with Crippen molar-refractivity contribution in [2.75, 3.05) is 11.1 Å². The molecule has 1 unspecified atom stereocenters. The predicted molar refractivity (Wildman–Crippen MR) is 130 cm³/mol. The zero-order valence-electron chi connectivity index (χ0n) is 19.3. The minimum atomic E-state index is -4.71. The van der Waals surface area contributed by atoms with Gasteiger partial charge in [-0.15, -0.1) is 0 Å². The lowest BCUT2D eigenvalue weighted by Gasteiger charge is -2.22. The first kappa shape index (κ1) is 24.1. The number of rotatable bonds is 6. The normalized spacial score (nSPS) is 12.5. The van der Waals surface area contributed by atoms with Gasteiger partial charge in [0.2, 0.25) is 0 Å². The van der Waals surface area contributed by atoms with Crippen LogP contribution in [0.5, 0.6) is 0 Å². The molecule has 0 spiro atoms. The molecule has 0 aliphatic heterocycles. The molecule has 0 radical (unpaired) electrons. The van der Waals surface area contributed by atoms with E-state index >= 15 is 0 Å². The summed E-state index contributed by atoms with van der Waals surface area (Å²) >= 11 is 0. The number of carbonyl (C=O) groups is 1. The molecule has 0 aliphatic carbocycles. The van der Waals surface area contributed by atoms with Crippen LogP contribution in [0, 0.1) is 5.92 Å². The van der Waals surface area contributed by atoms with Crippen molar-refractivity contribution in [3.05, 3.63) is 107 Å². The second-order valence-electron chi connectivity index (χ2n) is 8.63. The van der Waals surface area contributed by atoms with Crippen molar-refractivity contribution >= 4 is 17.3 Å². The fourth-order valence-electron chi connectivity index (χ4n) is 4.16. The molecule has 0 bridgehead atoms.